The summed E-state index contributed by atoms with van der Waals surface area (Å²) in [4.78, 5) is 21.9. The minimum absolute atomic E-state index is 0.188. The van der Waals surface area contributed by atoms with Crippen molar-refractivity contribution in [1.82, 2.24) is 0 Å². The van der Waals surface area contributed by atoms with E-state index in [1.54, 1.807) is 0 Å². The van der Waals surface area contributed by atoms with Crippen LogP contribution in [0.5, 0.6) is 17.2 Å². The second-order valence-corrected chi connectivity index (χ2v) is 5.68. The van der Waals surface area contributed by atoms with E-state index in [-0.39, 0.29) is 17.2 Å². The van der Waals surface area contributed by atoms with Crippen molar-refractivity contribution in [2.24, 2.45) is 0 Å². The Balaban J connectivity index is 2.33. The number of carbonyl (C=O) groups is 2. The minimum atomic E-state index is -1.83. The molecule has 2 atom stereocenters. The highest BCUT2D eigenvalue weighted by Crippen LogP contribution is 2.44. The number of rotatable bonds is 2. The molecule has 8 heteroatoms. The quantitative estimate of drug-likeness (QED) is 0.421. The van der Waals surface area contributed by atoms with Crippen molar-refractivity contribution >= 4 is 43.8 Å². The third-order valence-corrected chi connectivity index (χ3v) is 4.58. The molecular weight excluding hydrogens is 388 g/mol. The molecule has 2 rings (SSSR count). The molecule has 0 amide bonds. The number of hydrogen-bond acceptors (Lipinski definition) is 6. The SMILES string of the molecule is CC(=O)Oc1ccc2c(c1)OC(Br)C(Br)(C(=O)[O-])O2. The molecule has 0 bridgehead atoms. The van der Waals surface area contributed by atoms with Gasteiger partial charge in [0, 0.05) is 13.0 Å². The van der Waals surface area contributed by atoms with Crippen LogP contribution in [0.25, 0.3) is 0 Å². The summed E-state index contributed by atoms with van der Waals surface area (Å²) in [5, 5.41) is 10.0. The molecule has 0 saturated heterocycles. The molecule has 0 N–H and O–H groups in total. The lowest BCUT2D eigenvalue weighted by molar-refractivity contribution is -0.317. The van der Waals surface area contributed by atoms with Crippen LogP contribution < -0.4 is 19.3 Å². The van der Waals surface area contributed by atoms with Gasteiger partial charge in [-0.2, -0.15) is 0 Å². The maximum Gasteiger partial charge on any atom is 0.308 e. The lowest BCUT2D eigenvalue weighted by atomic mass is 10.2. The van der Waals surface area contributed by atoms with Crippen LogP contribution >= 0.6 is 31.9 Å². The number of benzene rings is 1. The lowest BCUT2D eigenvalue weighted by Gasteiger charge is -2.38. The van der Waals surface area contributed by atoms with Crippen molar-refractivity contribution in [3.63, 3.8) is 0 Å². The van der Waals surface area contributed by atoms with Crippen LogP contribution in [0.4, 0.5) is 0 Å². The zero-order valence-electron chi connectivity index (χ0n) is 9.51. The molecule has 0 fully saturated rings. The molecule has 0 spiro atoms. The Morgan fingerprint density at radius 2 is 2.11 bits per heavy atom. The molecule has 0 aromatic heterocycles. The zero-order chi connectivity index (χ0) is 14.2. The van der Waals surface area contributed by atoms with E-state index < -0.39 is 21.5 Å². The summed E-state index contributed by atoms with van der Waals surface area (Å²) >= 11 is 5.95. The van der Waals surface area contributed by atoms with Crippen molar-refractivity contribution in [2.75, 3.05) is 0 Å². The van der Waals surface area contributed by atoms with Crippen LogP contribution in [0.3, 0.4) is 0 Å². The zero-order valence-corrected chi connectivity index (χ0v) is 12.7. The Kier molecular flexibility index (Phi) is 3.73. The molecule has 0 saturated carbocycles. The molecule has 1 heterocycles. The summed E-state index contributed by atoms with van der Waals surface area (Å²) in [5.41, 5.74) is 0. The highest BCUT2D eigenvalue weighted by atomic mass is 79.9. The Labute approximate surface area is 124 Å². The number of carboxylic acid groups (broad SMARTS) is 1. The number of ether oxygens (including phenoxy) is 3. The number of aliphatic carboxylic acids is 1. The summed E-state index contributed by atoms with van der Waals surface area (Å²) in [6.07, 6.45) is 0. The summed E-state index contributed by atoms with van der Waals surface area (Å²) in [6, 6.07) is 4.32. The second kappa shape index (κ2) is 5.01. The second-order valence-electron chi connectivity index (χ2n) is 3.67. The Morgan fingerprint density at radius 3 is 2.68 bits per heavy atom. The van der Waals surface area contributed by atoms with Crippen LogP contribution in [0, 0.1) is 0 Å². The van der Waals surface area contributed by atoms with E-state index in [1.165, 1.54) is 25.1 Å². The molecule has 0 aliphatic carbocycles. The van der Waals surface area contributed by atoms with Crippen LogP contribution in [-0.2, 0) is 9.59 Å². The summed E-state index contributed by atoms with van der Waals surface area (Å²) in [5.74, 6) is -1.25. The van der Waals surface area contributed by atoms with Gasteiger partial charge in [-0.15, -0.1) is 0 Å². The van der Waals surface area contributed by atoms with Crippen molar-refractivity contribution in [2.45, 2.75) is 16.4 Å². The van der Waals surface area contributed by atoms with Gasteiger partial charge in [-0.1, -0.05) is 0 Å². The van der Waals surface area contributed by atoms with Gasteiger partial charge in [0.1, 0.15) is 11.7 Å². The van der Waals surface area contributed by atoms with Gasteiger partial charge in [0.05, 0.1) is 0 Å². The molecule has 19 heavy (non-hydrogen) atoms. The lowest BCUT2D eigenvalue weighted by Crippen LogP contribution is -2.57. The van der Waals surface area contributed by atoms with E-state index in [0.29, 0.717) is 0 Å². The van der Waals surface area contributed by atoms with E-state index in [1.807, 2.05) is 0 Å². The van der Waals surface area contributed by atoms with E-state index in [9.17, 15) is 14.7 Å². The molecule has 102 valence electrons. The van der Waals surface area contributed by atoms with Crippen molar-refractivity contribution in [3.8, 4) is 17.2 Å². The molecule has 1 aliphatic rings. The van der Waals surface area contributed by atoms with Crippen molar-refractivity contribution in [3.05, 3.63) is 18.2 Å². The Morgan fingerprint density at radius 1 is 1.42 bits per heavy atom. The first kappa shape index (κ1) is 14.1. The third kappa shape index (κ3) is 2.69. The summed E-state index contributed by atoms with van der Waals surface area (Å²) in [7, 11) is 0. The molecule has 1 aromatic carbocycles. The summed E-state index contributed by atoms with van der Waals surface area (Å²) in [6.45, 7) is 1.27. The normalized spacial score (nSPS) is 24.7. The average molecular weight is 395 g/mol. The van der Waals surface area contributed by atoms with Gasteiger partial charge in [0.2, 0.25) is 9.52 Å². The van der Waals surface area contributed by atoms with Crippen LogP contribution in [0.2, 0.25) is 0 Å². The molecule has 1 aromatic rings. The standard InChI is InChI=1S/C11H8Br2O6/c1-5(14)17-6-2-3-7-8(4-6)18-9(12)11(13,19-7)10(15)16/h2-4,9H,1H3,(H,15,16)/p-1. The van der Waals surface area contributed by atoms with Crippen molar-refractivity contribution in [1.29, 1.82) is 0 Å². The molecule has 2 unspecified atom stereocenters. The van der Waals surface area contributed by atoms with E-state index in [4.69, 9.17) is 14.2 Å². The predicted molar refractivity (Wildman–Crippen MR) is 68.4 cm³/mol. The van der Waals surface area contributed by atoms with Gasteiger partial charge in [-0.3, -0.25) is 4.79 Å². The van der Waals surface area contributed by atoms with Gasteiger partial charge in [0.25, 0.3) is 0 Å². The fraction of sp³-hybridized carbons (Fsp3) is 0.273. The average Bonchev–Trinajstić information content (AvgIpc) is 2.30. The van der Waals surface area contributed by atoms with Gasteiger partial charge >= 0.3 is 5.97 Å². The third-order valence-electron chi connectivity index (χ3n) is 2.24. The topological polar surface area (TPSA) is 84.9 Å². The minimum Gasteiger partial charge on any atom is -0.545 e. The first-order valence-electron chi connectivity index (χ1n) is 5.05. The Bertz CT molecular complexity index is 546. The van der Waals surface area contributed by atoms with Crippen molar-refractivity contribution < 1.29 is 28.9 Å². The van der Waals surface area contributed by atoms with Crippen LogP contribution in [-0.4, -0.2) is 21.5 Å². The molecule has 0 radical (unpaired) electrons. The first-order chi connectivity index (χ1) is 8.83. The molecule has 1 aliphatic heterocycles. The smallest absolute Gasteiger partial charge is 0.308 e. The highest BCUT2D eigenvalue weighted by Gasteiger charge is 2.45. The van der Waals surface area contributed by atoms with E-state index in [0.717, 1.165) is 0 Å². The van der Waals surface area contributed by atoms with Crippen LogP contribution in [0.1, 0.15) is 6.92 Å². The maximum absolute atomic E-state index is 11.0. The number of carbonyl (C=O) groups excluding carboxylic acids is 2. The van der Waals surface area contributed by atoms with Gasteiger partial charge in [-0.25, -0.2) is 0 Å². The summed E-state index contributed by atoms with van der Waals surface area (Å²) < 4.78 is 13.7. The monoisotopic (exact) mass is 393 g/mol. The number of halogens is 2. The van der Waals surface area contributed by atoms with E-state index >= 15 is 0 Å². The number of esters is 1. The van der Waals surface area contributed by atoms with E-state index in [2.05, 4.69) is 31.9 Å². The maximum atomic E-state index is 11.0. The largest absolute Gasteiger partial charge is 0.545 e. The number of carboxylic acids is 1. The fourth-order valence-electron chi connectivity index (χ4n) is 1.42. The molecule has 6 nitrogen and oxygen atoms in total. The first-order valence-corrected chi connectivity index (χ1v) is 6.76. The van der Waals surface area contributed by atoms with Gasteiger partial charge in [0.15, 0.2) is 11.5 Å². The van der Waals surface area contributed by atoms with Gasteiger partial charge in [-0.05, 0) is 44.0 Å². The van der Waals surface area contributed by atoms with Gasteiger partial charge < -0.3 is 24.1 Å². The predicted octanol–water partition coefficient (Wildman–Crippen LogP) is 0.945. The fourth-order valence-corrected chi connectivity index (χ4v) is 2.17. The number of hydrogen-bond donors (Lipinski definition) is 0. The highest BCUT2D eigenvalue weighted by molar-refractivity contribution is 9.12. The number of fused-ring (bicyclic) bond motifs is 1. The van der Waals surface area contributed by atoms with Crippen LogP contribution in [0.15, 0.2) is 18.2 Å². The Hall–Kier alpha value is -1.28. The number of alkyl halides is 2. The molecular formula is C11H7Br2O6-.